The van der Waals surface area contributed by atoms with E-state index in [-0.39, 0.29) is 36.4 Å². The molecular formula is C9H12O4. The lowest BCUT2D eigenvalue weighted by atomic mass is 9.94. The van der Waals surface area contributed by atoms with Crippen LogP contribution < -0.4 is 0 Å². The second-order valence-corrected chi connectivity index (χ2v) is 3.29. The minimum Gasteiger partial charge on any atom is -0.469 e. The van der Waals surface area contributed by atoms with Gasteiger partial charge in [-0.15, -0.1) is 0 Å². The van der Waals surface area contributed by atoms with E-state index in [1.54, 1.807) is 0 Å². The first kappa shape index (κ1) is 9.89. The molecule has 0 saturated heterocycles. The molecule has 1 rings (SSSR count). The third-order valence-electron chi connectivity index (χ3n) is 2.39. The lowest BCUT2D eigenvalue weighted by molar-refractivity contribution is -0.142. The van der Waals surface area contributed by atoms with Crippen LogP contribution in [0.4, 0.5) is 0 Å². The summed E-state index contributed by atoms with van der Waals surface area (Å²) in [5, 5.41) is 0. The smallest absolute Gasteiger partial charge is 0.305 e. The molecule has 1 fully saturated rings. The number of aldehydes is 1. The summed E-state index contributed by atoms with van der Waals surface area (Å²) in [5.41, 5.74) is 0. The van der Waals surface area contributed by atoms with Gasteiger partial charge < -0.3 is 9.53 Å². The fraction of sp³-hybridized carbons (Fsp3) is 0.667. The van der Waals surface area contributed by atoms with Gasteiger partial charge in [0.25, 0.3) is 0 Å². The second-order valence-electron chi connectivity index (χ2n) is 3.29. The second kappa shape index (κ2) is 4.16. The molecule has 1 aliphatic carbocycles. The normalized spacial score (nSPS) is 27.3. The topological polar surface area (TPSA) is 60.4 Å². The Hall–Kier alpha value is -1.19. The number of methoxy groups -OCH3 is 1. The van der Waals surface area contributed by atoms with E-state index in [9.17, 15) is 14.4 Å². The summed E-state index contributed by atoms with van der Waals surface area (Å²) in [6.07, 6.45) is 1.55. The van der Waals surface area contributed by atoms with Gasteiger partial charge in [-0.25, -0.2) is 0 Å². The number of carbonyl (C=O) groups excluding carboxylic acids is 3. The summed E-state index contributed by atoms with van der Waals surface area (Å²) in [7, 11) is 1.30. The van der Waals surface area contributed by atoms with Crippen LogP contribution in [0.5, 0.6) is 0 Å². The van der Waals surface area contributed by atoms with E-state index in [0.29, 0.717) is 6.42 Å². The number of rotatable bonds is 3. The third kappa shape index (κ3) is 2.37. The molecule has 0 amide bonds. The van der Waals surface area contributed by atoms with Crippen LogP contribution >= 0.6 is 0 Å². The molecule has 0 aromatic heterocycles. The quantitative estimate of drug-likeness (QED) is 0.469. The van der Waals surface area contributed by atoms with Crippen molar-refractivity contribution < 1.29 is 19.1 Å². The van der Waals surface area contributed by atoms with Crippen molar-refractivity contribution in [3.63, 3.8) is 0 Å². The van der Waals surface area contributed by atoms with E-state index < -0.39 is 0 Å². The first-order valence-electron chi connectivity index (χ1n) is 4.21. The van der Waals surface area contributed by atoms with Gasteiger partial charge >= 0.3 is 5.97 Å². The Labute approximate surface area is 76.3 Å². The van der Waals surface area contributed by atoms with Gasteiger partial charge in [0.15, 0.2) is 0 Å². The molecule has 0 heterocycles. The predicted molar refractivity (Wildman–Crippen MR) is 43.9 cm³/mol. The van der Waals surface area contributed by atoms with Gasteiger partial charge in [-0.3, -0.25) is 9.59 Å². The molecule has 0 spiro atoms. The summed E-state index contributed by atoms with van der Waals surface area (Å²) < 4.78 is 4.47. The monoisotopic (exact) mass is 184 g/mol. The van der Waals surface area contributed by atoms with E-state index >= 15 is 0 Å². The van der Waals surface area contributed by atoms with Gasteiger partial charge in [-0.2, -0.15) is 0 Å². The number of ether oxygens (including phenoxy) is 1. The third-order valence-corrected chi connectivity index (χ3v) is 2.39. The van der Waals surface area contributed by atoms with E-state index in [1.807, 2.05) is 0 Å². The summed E-state index contributed by atoms with van der Waals surface area (Å²) in [6, 6.07) is 0. The average molecular weight is 184 g/mol. The molecule has 0 aliphatic heterocycles. The predicted octanol–water partition coefficient (Wildman–Crippen LogP) is 0.344. The van der Waals surface area contributed by atoms with Crippen LogP contribution in [0.1, 0.15) is 19.3 Å². The Morgan fingerprint density at radius 1 is 1.62 bits per heavy atom. The van der Waals surface area contributed by atoms with Gasteiger partial charge in [0.05, 0.1) is 7.11 Å². The number of hydrogen-bond acceptors (Lipinski definition) is 4. The number of ketones is 1. The van der Waals surface area contributed by atoms with Crippen molar-refractivity contribution in [1.82, 2.24) is 0 Å². The van der Waals surface area contributed by atoms with Crippen LogP contribution in [0.3, 0.4) is 0 Å². The van der Waals surface area contributed by atoms with Crippen LogP contribution in [0.15, 0.2) is 0 Å². The van der Waals surface area contributed by atoms with E-state index in [4.69, 9.17) is 0 Å². The SMILES string of the molecule is COC(=O)C[C@H]1CC(=O)C[C@H]1C=O. The van der Waals surface area contributed by atoms with Gasteiger partial charge in [0.1, 0.15) is 12.1 Å². The largest absolute Gasteiger partial charge is 0.469 e. The van der Waals surface area contributed by atoms with Gasteiger partial charge in [-0.05, 0) is 5.92 Å². The highest BCUT2D eigenvalue weighted by Gasteiger charge is 2.34. The molecule has 0 unspecified atom stereocenters. The van der Waals surface area contributed by atoms with Crippen molar-refractivity contribution in [3.8, 4) is 0 Å². The van der Waals surface area contributed by atoms with E-state index in [0.717, 1.165) is 6.29 Å². The first-order valence-corrected chi connectivity index (χ1v) is 4.21. The molecule has 0 N–H and O–H groups in total. The van der Waals surface area contributed by atoms with Crippen LogP contribution in [-0.2, 0) is 19.1 Å². The summed E-state index contributed by atoms with van der Waals surface area (Å²) in [4.78, 5) is 32.4. The van der Waals surface area contributed by atoms with E-state index in [1.165, 1.54) is 7.11 Å². The Kier molecular flexibility index (Phi) is 3.17. The molecule has 13 heavy (non-hydrogen) atoms. The molecule has 0 bridgehead atoms. The molecule has 4 heteroatoms. The number of esters is 1. The maximum atomic E-state index is 11.0. The highest BCUT2D eigenvalue weighted by atomic mass is 16.5. The van der Waals surface area contributed by atoms with Crippen molar-refractivity contribution in [2.24, 2.45) is 11.8 Å². The van der Waals surface area contributed by atoms with Crippen molar-refractivity contribution in [1.29, 1.82) is 0 Å². The van der Waals surface area contributed by atoms with E-state index in [2.05, 4.69) is 4.74 Å². The van der Waals surface area contributed by atoms with Crippen LogP contribution in [0.2, 0.25) is 0 Å². The first-order chi connectivity index (χ1) is 6.17. The standard InChI is InChI=1S/C9H12O4/c1-13-9(12)4-6-2-8(11)3-7(6)5-10/h5-7H,2-4H2,1H3/t6-,7+/m1/s1. The lowest BCUT2D eigenvalue weighted by Gasteiger charge is -2.10. The van der Waals surface area contributed by atoms with Gasteiger partial charge in [0.2, 0.25) is 0 Å². The fourth-order valence-electron chi connectivity index (χ4n) is 1.64. The van der Waals surface area contributed by atoms with Crippen LogP contribution in [0.25, 0.3) is 0 Å². The minimum atomic E-state index is -0.355. The molecule has 1 saturated carbocycles. The molecule has 0 aromatic carbocycles. The van der Waals surface area contributed by atoms with Crippen molar-refractivity contribution in [2.45, 2.75) is 19.3 Å². The summed E-state index contributed by atoms with van der Waals surface area (Å²) in [5.74, 6) is -0.721. The number of Topliss-reactive ketones (excluding diaryl/α,β-unsaturated/α-hetero) is 1. The average Bonchev–Trinajstić information content (AvgIpc) is 2.46. The van der Waals surface area contributed by atoms with Crippen molar-refractivity contribution in [3.05, 3.63) is 0 Å². The van der Waals surface area contributed by atoms with Crippen LogP contribution in [0, 0.1) is 11.8 Å². The molecule has 2 atom stereocenters. The number of hydrogen-bond donors (Lipinski definition) is 0. The molecule has 0 radical (unpaired) electrons. The fourth-order valence-corrected chi connectivity index (χ4v) is 1.64. The van der Waals surface area contributed by atoms with Gasteiger partial charge in [-0.1, -0.05) is 0 Å². The maximum Gasteiger partial charge on any atom is 0.305 e. The Bertz CT molecular complexity index is 234. The Morgan fingerprint density at radius 2 is 2.31 bits per heavy atom. The molecule has 0 aromatic rings. The van der Waals surface area contributed by atoms with Crippen molar-refractivity contribution >= 4 is 18.0 Å². The highest BCUT2D eigenvalue weighted by Crippen LogP contribution is 2.30. The Morgan fingerprint density at radius 3 is 2.85 bits per heavy atom. The zero-order valence-electron chi connectivity index (χ0n) is 7.49. The molecular weight excluding hydrogens is 172 g/mol. The minimum absolute atomic E-state index is 0.0611. The number of carbonyl (C=O) groups is 3. The zero-order chi connectivity index (χ0) is 9.84. The zero-order valence-corrected chi connectivity index (χ0v) is 7.49. The van der Waals surface area contributed by atoms with Crippen LogP contribution in [-0.4, -0.2) is 25.1 Å². The molecule has 1 aliphatic rings. The summed E-state index contributed by atoms with van der Waals surface area (Å²) in [6.45, 7) is 0. The lowest BCUT2D eigenvalue weighted by Crippen LogP contribution is -2.14. The van der Waals surface area contributed by atoms with Gasteiger partial charge in [0, 0.05) is 25.2 Å². The highest BCUT2D eigenvalue weighted by molar-refractivity contribution is 5.86. The molecule has 72 valence electrons. The molecule has 4 nitrogen and oxygen atoms in total. The van der Waals surface area contributed by atoms with Crippen molar-refractivity contribution in [2.75, 3.05) is 7.11 Å². The summed E-state index contributed by atoms with van der Waals surface area (Å²) >= 11 is 0. The Balaban J connectivity index is 2.53. The maximum absolute atomic E-state index is 11.0.